The second-order valence-corrected chi connectivity index (χ2v) is 11.6. The number of nitrogens with zero attached hydrogens (tertiary/aromatic N) is 3. The number of para-hydroxylation sites is 1. The minimum absolute atomic E-state index is 0.0170. The molecule has 2 N–H and O–H groups in total. The fourth-order valence-electron chi connectivity index (χ4n) is 4.87. The molecule has 2 amide bonds. The molecule has 0 bridgehead atoms. The van der Waals surface area contributed by atoms with Crippen LogP contribution in [0.5, 0.6) is 11.5 Å². The van der Waals surface area contributed by atoms with E-state index in [0.29, 0.717) is 63.4 Å². The topological polar surface area (TPSA) is 119 Å². The predicted octanol–water partition coefficient (Wildman–Crippen LogP) is 6.99. The van der Waals surface area contributed by atoms with Gasteiger partial charge in [0.05, 0.1) is 47.6 Å². The van der Waals surface area contributed by atoms with Crippen LogP contribution in [0.3, 0.4) is 0 Å². The summed E-state index contributed by atoms with van der Waals surface area (Å²) < 4.78 is 17.4. The van der Waals surface area contributed by atoms with E-state index in [-0.39, 0.29) is 12.5 Å². The zero-order valence-corrected chi connectivity index (χ0v) is 25.5. The van der Waals surface area contributed by atoms with Gasteiger partial charge in [-0.25, -0.2) is 9.69 Å². The smallest absolute Gasteiger partial charge is 0.417 e. The number of pyridine rings is 2. The van der Waals surface area contributed by atoms with Gasteiger partial charge in [0, 0.05) is 48.2 Å². The molecule has 0 fully saturated rings. The monoisotopic (exact) mass is 603 g/mol. The summed E-state index contributed by atoms with van der Waals surface area (Å²) in [7, 11) is 1.52. The average molecular weight is 604 g/mol. The maximum absolute atomic E-state index is 13.9. The number of carbonyl (C=O) groups is 2. The largest absolute Gasteiger partial charge is 0.493 e. The highest BCUT2D eigenvalue weighted by Crippen LogP contribution is 2.43. The summed E-state index contributed by atoms with van der Waals surface area (Å²) in [5.41, 5.74) is 3.40. The predicted molar refractivity (Wildman–Crippen MR) is 164 cm³/mol. The first kappa shape index (κ1) is 29.9. The minimum atomic E-state index is -0.758. The van der Waals surface area contributed by atoms with E-state index in [1.54, 1.807) is 57.6 Å². The van der Waals surface area contributed by atoms with Gasteiger partial charge in [0.15, 0.2) is 5.75 Å². The molecule has 1 atom stereocenters. The summed E-state index contributed by atoms with van der Waals surface area (Å²) in [5.74, 6) is 0.458. The van der Waals surface area contributed by atoms with Gasteiger partial charge in [0.2, 0.25) is 0 Å². The Balaban J connectivity index is 1.57. The third kappa shape index (κ3) is 6.44. The van der Waals surface area contributed by atoms with E-state index in [9.17, 15) is 9.59 Å². The van der Waals surface area contributed by atoms with Crippen LogP contribution < -0.4 is 14.8 Å². The second kappa shape index (κ2) is 12.3. The quantitative estimate of drug-likeness (QED) is 0.221. The molecule has 224 valence electrons. The van der Waals surface area contributed by atoms with Crippen molar-refractivity contribution in [3.8, 4) is 22.8 Å². The van der Waals surface area contributed by atoms with Crippen LogP contribution in [0.25, 0.3) is 11.3 Å². The van der Waals surface area contributed by atoms with Crippen molar-refractivity contribution < 1.29 is 23.8 Å². The molecule has 0 radical (unpaired) electrons. The number of aromatic amines is 1. The lowest BCUT2D eigenvalue weighted by Crippen LogP contribution is -2.44. The molecule has 0 aliphatic carbocycles. The van der Waals surface area contributed by atoms with Gasteiger partial charge in [0.1, 0.15) is 11.4 Å². The number of nitrogens with one attached hydrogen (secondary N) is 2. The van der Waals surface area contributed by atoms with E-state index in [4.69, 9.17) is 25.8 Å². The van der Waals surface area contributed by atoms with Gasteiger partial charge >= 0.3 is 6.09 Å². The van der Waals surface area contributed by atoms with Crippen molar-refractivity contribution in [3.05, 3.63) is 83.0 Å². The maximum Gasteiger partial charge on any atom is 0.417 e. The Hall–Kier alpha value is -4.57. The summed E-state index contributed by atoms with van der Waals surface area (Å²) >= 11 is 6.43. The Morgan fingerprint density at radius 3 is 2.70 bits per heavy atom. The van der Waals surface area contributed by atoms with E-state index in [1.165, 1.54) is 7.11 Å². The number of amides is 2. The number of H-pyrrole nitrogens is 1. The van der Waals surface area contributed by atoms with Gasteiger partial charge in [-0.2, -0.15) is 0 Å². The number of aromatic nitrogens is 3. The lowest BCUT2D eigenvalue weighted by atomic mass is 10.0. The number of methoxy groups -OCH3 is 1. The Morgan fingerprint density at radius 1 is 1.16 bits per heavy atom. The van der Waals surface area contributed by atoms with Crippen LogP contribution in [0.1, 0.15) is 55.4 Å². The first-order valence-electron chi connectivity index (χ1n) is 13.9. The number of benzene rings is 1. The number of fused-ring (bicyclic) bond motifs is 1. The Morgan fingerprint density at radius 2 is 1.98 bits per heavy atom. The summed E-state index contributed by atoms with van der Waals surface area (Å²) in [6.45, 7) is 7.84. The fraction of sp³-hybridized carbons (Fsp3) is 0.312. The van der Waals surface area contributed by atoms with Crippen LogP contribution >= 0.6 is 11.6 Å². The Kier molecular flexibility index (Phi) is 8.59. The normalized spacial score (nSPS) is 13.7. The van der Waals surface area contributed by atoms with E-state index < -0.39 is 17.6 Å². The molecule has 43 heavy (non-hydrogen) atoms. The highest BCUT2D eigenvalue weighted by atomic mass is 35.5. The highest BCUT2D eigenvalue weighted by Gasteiger charge is 2.37. The van der Waals surface area contributed by atoms with Crippen molar-refractivity contribution in [1.29, 1.82) is 0 Å². The minimum Gasteiger partial charge on any atom is -0.493 e. The van der Waals surface area contributed by atoms with E-state index in [0.717, 1.165) is 10.6 Å². The summed E-state index contributed by atoms with van der Waals surface area (Å²) in [4.78, 5) is 40.3. The zero-order chi connectivity index (χ0) is 30.7. The van der Waals surface area contributed by atoms with Crippen molar-refractivity contribution in [3.63, 3.8) is 0 Å². The number of hydrogen-bond acceptors (Lipinski definition) is 8. The molecular weight excluding hydrogens is 570 g/mol. The number of ether oxygens (including phenoxy) is 3. The number of imide groups is 1. The second-order valence-electron chi connectivity index (χ2n) is 11.2. The van der Waals surface area contributed by atoms with Crippen molar-refractivity contribution >= 4 is 35.0 Å². The maximum atomic E-state index is 13.9. The molecule has 1 aromatic carbocycles. The Bertz CT molecular complexity index is 1630. The lowest BCUT2D eigenvalue weighted by molar-refractivity contribution is 0.0233. The van der Waals surface area contributed by atoms with Crippen LogP contribution in [0, 0.1) is 0 Å². The zero-order valence-electron chi connectivity index (χ0n) is 24.7. The van der Waals surface area contributed by atoms with Gasteiger partial charge in [-0.05, 0) is 51.1 Å². The molecule has 5 rings (SSSR count). The SMILES string of the molecule is COc1c(Cl)cccc1Nc1c(-c2ccncc2OCC(C)c2ccccn2)[nH]c2c1C(=O)N(C(=O)OC(C)(C)C)CC2. The first-order valence-corrected chi connectivity index (χ1v) is 14.3. The van der Waals surface area contributed by atoms with Crippen LogP contribution in [0.4, 0.5) is 16.2 Å². The first-order chi connectivity index (χ1) is 20.6. The standard InChI is InChI=1S/C32H34ClN5O5/c1-19(22-10-6-7-14-35-22)18-42-25-17-34-15-12-20(25)27-28(37-24-11-8-9-21(33)29(24)41-5)26-23(36-27)13-16-38(30(26)39)31(40)43-32(2,3)4/h6-12,14-15,17,19,36-37H,13,16,18H2,1-5H3. The number of carbonyl (C=O) groups excluding carboxylic acids is 2. The molecule has 0 spiro atoms. The van der Waals surface area contributed by atoms with E-state index >= 15 is 0 Å². The highest BCUT2D eigenvalue weighted by molar-refractivity contribution is 6.32. The third-order valence-electron chi connectivity index (χ3n) is 6.90. The van der Waals surface area contributed by atoms with Gasteiger partial charge in [-0.15, -0.1) is 0 Å². The third-order valence-corrected chi connectivity index (χ3v) is 7.20. The van der Waals surface area contributed by atoms with Gasteiger partial charge in [-0.1, -0.05) is 30.7 Å². The average Bonchev–Trinajstić information content (AvgIpc) is 3.34. The van der Waals surface area contributed by atoms with Crippen molar-refractivity contribution in [2.24, 2.45) is 0 Å². The molecule has 4 heterocycles. The van der Waals surface area contributed by atoms with Crippen molar-refractivity contribution in [2.75, 3.05) is 25.6 Å². The molecule has 1 aliphatic heterocycles. The van der Waals surface area contributed by atoms with Crippen molar-refractivity contribution in [1.82, 2.24) is 19.9 Å². The van der Waals surface area contributed by atoms with Crippen LogP contribution in [-0.2, 0) is 11.2 Å². The molecule has 0 saturated heterocycles. The number of hydrogen-bond donors (Lipinski definition) is 2. The lowest BCUT2D eigenvalue weighted by Gasteiger charge is -2.29. The Labute approximate surface area is 255 Å². The summed E-state index contributed by atoms with van der Waals surface area (Å²) in [6.07, 6.45) is 4.75. The molecule has 10 nitrogen and oxygen atoms in total. The molecule has 0 saturated carbocycles. The molecular formula is C32H34ClN5O5. The van der Waals surface area contributed by atoms with E-state index in [2.05, 4.69) is 20.3 Å². The summed E-state index contributed by atoms with van der Waals surface area (Å²) in [5, 5.41) is 3.77. The van der Waals surface area contributed by atoms with Crippen LogP contribution in [0.15, 0.2) is 61.1 Å². The molecule has 1 unspecified atom stereocenters. The molecule has 3 aromatic heterocycles. The molecule has 11 heteroatoms. The van der Waals surface area contributed by atoms with Gasteiger partial charge in [-0.3, -0.25) is 14.8 Å². The van der Waals surface area contributed by atoms with Crippen LogP contribution in [0.2, 0.25) is 5.02 Å². The fourth-order valence-corrected chi connectivity index (χ4v) is 5.12. The number of halogens is 1. The number of rotatable bonds is 8. The molecule has 4 aromatic rings. The van der Waals surface area contributed by atoms with Crippen LogP contribution in [-0.4, -0.2) is 57.7 Å². The number of anilines is 2. The van der Waals surface area contributed by atoms with Gasteiger partial charge in [0.25, 0.3) is 5.91 Å². The summed E-state index contributed by atoms with van der Waals surface area (Å²) in [6, 6.07) is 12.9. The van der Waals surface area contributed by atoms with Gasteiger partial charge < -0.3 is 24.5 Å². The van der Waals surface area contributed by atoms with Crippen molar-refractivity contribution in [2.45, 2.75) is 45.6 Å². The van der Waals surface area contributed by atoms with E-state index in [1.807, 2.05) is 31.2 Å². The molecule has 1 aliphatic rings.